The molecule has 0 fully saturated rings. The first-order valence-electron chi connectivity index (χ1n) is 7.57. The Hall–Kier alpha value is -2.75. The Bertz CT molecular complexity index is 865. The van der Waals surface area contributed by atoms with Crippen LogP contribution in [0, 0.1) is 6.92 Å². The fraction of sp³-hybridized carbons (Fsp3) is 0.211. The number of nitrogens with one attached hydrogen (secondary N) is 1. The van der Waals surface area contributed by atoms with Crippen LogP contribution in [0.2, 0.25) is 0 Å². The Morgan fingerprint density at radius 2 is 1.83 bits per heavy atom. The minimum Gasteiger partial charge on any atom is -0.496 e. The average molecular weight is 308 g/mol. The van der Waals surface area contributed by atoms with E-state index in [1.807, 2.05) is 67.1 Å². The Balaban J connectivity index is 1.88. The van der Waals surface area contributed by atoms with Gasteiger partial charge in [-0.25, -0.2) is 0 Å². The van der Waals surface area contributed by atoms with Gasteiger partial charge in [-0.3, -0.25) is 4.79 Å². The summed E-state index contributed by atoms with van der Waals surface area (Å²) in [5.74, 6) is 0.715. The standard InChI is InChI=1S/C19H20N2O2/c1-13-18(15-9-5-6-10-16(15)21(13)2)19(22)20-12-14-8-4-7-11-17(14)23-3/h4-11H,12H2,1-3H3,(H,20,22). The van der Waals surface area contributed by atoms with Crippen LogP contribution >= 0.6 is 0 Å². The third kappa shape index (κ3) is 2.68. The molecule has 1 heterocycles. The number of hydrogen-bond acceptors (Lipinski definition) is 2. The normalized spacial score (nSPS) is 10.7. The molecule has 1 amide bonds. The van der Waals surface area contributed by atoms with E-state index in [-0.39, 0.29) is 5.91 Å². The summed E-state index contributed by atoms with van der Waals surface area (Å²) >= 11 is 0. The number of aromatic nitrogens is 1. The number of aryl methyl sites for hydroxylation is 1. The molecule has 0 atom stereocenters. The lowest BCUT2D eigenvalue weighted by atomic mass is 10.1. The van der Waals surface area contributed by atoms with Gasteiger partial charge in [-0.15, -0.1) is 0 Å². The van der Waals surface area contributed by atoms with Gasteiger partial charge in [0.15, 0.2) is 0 Å². The molecule has 3 aromatic rings. The van der Waals surface area contributed by atoms with Crippen molar-refractivity contribution in [1.82, 2.24) is 9.88 Å². The van der Waals surface area contributed by atoms with Gasteiger partial charge in [-0.1, -0.05) is 36.4 Å². The molecule has 0 radical (unpaired) electrons. The molecular weight excluding hydrogens is 288 g/mol. The van der Waals surface area contributed by atoms with Crippen LogP contribution in [-0.4, -0.2) is 17.6 Å². The molecule has 2 aromatic carbocycles. The third-order valence-corrected chi connectivity index (χ3v) is 4.26. The predicted octanol–water partition coefficient (Wildman–Crippen LogP) is 3.43. The van der Waals surface area contributed by atoms with Crippen molar-refractivity contribution in [1.29, 1.82) is 0 Å². The van der Waals surface area contributed by atoms with Crippen molar-refractivity contribution < 1.29 is 9.53 Å². The third-order valence-electron chi connectivity index (χ3n) is 4.26. The number of carbonyl (C=O) groups is 1. The zero-order valence-electron chi connectivity index (χ0n) is 13.6. The van der Waals surface area contributed by atoms with Crippen LogP contribution in [0.5, 0.6) is 5.75 Å². The number of benzene rings is 2. The monoisotopic (exact) mass is 308 g/mol. The number of ether oxygens (including phenoxy) is 1. The van der Waals surface area contributed by atoms with Crippen LogP contribution in [0.3, 0.4) is 0 Å². The minimum atomic E-state index is -0.0646. The molecule has 1 aromatic heterocycles. The average Bonchev–Trinajstić information content (AvgIpc) is 2.84. The molecule has 1 N–H and O–H groups in total. The summed E-state index contributed by atoms with van der Waals surface area (Å²) in [6.45, 7) is 2.41. The molecule has 0 bridgehead atoms. The predicted molar refractivity (Wildman–Crippen MR) is 91.8 cm³/mol. The molecule has 0 saturated heterocycles. The van der Waals surface area contributed by atoms with Gasteiger partial charge in [0.05, 0.1) is 12.7 Å². The second kappa shape index (κ2) is 6.16. The number of carbonyl (C=O) groups excluding carboxylic acids is 1. The van der Waals surface area contributed by atoms with Gasteiger partial charge in [0.1, 0.15) is 5.75 Å². The van der Waals surface area contributed by atoms with Crippen LogP contribution < -0.4 is 10.1 Å². The van der Waals surface area contributed by atoms with Crippen molar-refractivity contribution in [3.63, 3.8) is 0 Å². The van der Waals surface area contributed by atoms with Gasteiger partial charge in [0, 0.05) is 35.8 Å². The first kappa shape index (κ1) is 15.2. The molecular formula is C19H20N2O2. The highest BCUT2D eigenvalue weighted by atomic mass is 16.5. The van der Waals surface area contributed by atoms with Crippen molar-refractivity contribution in [3.05, 3.63) is 65.4 Å². The maximum absolute atomic E-state index is 12.7. The molecule has 0 spiro atoms. The van der Waals surface area contributed by atoms with Crippen molar-refractivity contribution in [3.8, 4) is 5.75 Å². The molecule has 0 aliphatic carbocycles. The number of nitrogens with zero attached hydrogens (tertiary/aromatic N) is 1. The van der Waals surface area contributed by atoms with Crippen LogP contribution in [0.15, 0.2) is 48.5 Å². The molecule has 0 aliphatic rings. The zero-order chi connectivity index (χ0) is 16.4. The Morgan fingerprint density at radius 3 is 2.61 bits per heavy atom. The first-order valence-corrected chi connectivity index (χ1v) is 7.57. The highest BCUT2D eigenvalue weighted by molar-refractivity contribution is 6.08. The molecule has 0 saturated carbocycles. The van der Waals surface area contributed by atoms with E-state index in [0.717, 1.165) is 33.5 Å². The minimum absolute atomic E-state index is 0.0646. The van der Waals surface area contributed by atoms with Gasteiger partial charge in [-0.2, -0.15) is 0 Å². The van der Waals surface area contributed by atoms with Gasteiger partial charge < -0.3 is 14.6 Å². The van der Waals surface area contributed by atoms with Crippen molar-refractivity contribution in [2.45, 2.75) is 13.5 Å². The highest BCUT2D eigenvalue weighted by Crippen LogP contribution is 2.25. The molecule has 4 heteroatoms. The number of hydrogen-bond donors (Lipinski definition) is 1. The summed E-state index contributed by atoms with van der Waals surface area (Å²) in [5.41, 5.74) is 3.72. The van der Waals surface area contributed by atoms with Gasteiger partial charge in [-0.05, 0) is 19.1 Å². The molecule has 3 rings (SSSR count). The van der Waals surface area contributed by atoms with Gasteiger partial charge in [0.25, 0.3) is 5.91 Å². The molecule has 4 nitrogen and oxygen atoms in total. The van der Waals surface area contributed by atoms with E-state index in [1.165, 1.54) is 0 Å². The maximum Gasteiger partial charge on any atom is 0.254 e. The lowest BCUT2D eigenvalue weighted by Crippen LogP contribution is -2.23. The smallest absolute Gasteiger partial charge is 0.254 e. The number of amides is 1. The fourth-order valence-electron chi connectivity index (χ4n) is 2.92. The quantitative estimate of drug-likeness (QED) is 0.802. The molecule has 0 unspecified atom stereocenters. The van der Waals surface area contributed by atoms with E-state index >= 15 is 0 Å². The second-order valence-corrected chi connectivity index (χ2v) is 5.53. The molecule has 23 heavy (non-hydrogen) atoms. The van der Waals surface area contributed by atoms with E-state index in [1.54, 1.807) is 7.11 Å². The number of rotatable bonds is 4. The van der Waals surface area contributed by atoms with Crippen LogP contribution in [0.1, 0.15) is 21.6 Å². The Kier molecular flexibility index (Phi) is 4.06. The number of para-hydroxylation sites is 2. The van der Waals surface area contributed by atoms with Gasteiger partial charge in [0.2, 0.25) is 0 Å². The topological polar surface area (TPSA) is 43.3 Å². The van der Waals surface area contributed by atoms with E-state index in [0.29, 0.717) is 6.54 Å². The SMILES string of the molecule is COc1ccccc1CNC(=O)c1c(C)n(C)c2ccccc12. The van der Waals surface area contributed by atoms with E-state index in [4.69, 9.17) is 4.74 Å². The lowest BCUT2D eigenvalue weighted by molar-refractivity contribution is 0.0951. The fourth-order valence-corrected chi connectivity index (χ4v) is 2.92. The summed E-state index contributed by atoms with van der Waals surface area (Å²) in [7, 11) is 3.62. The first-order chi connectivity index (χ1) is 11.1. The van der Waals surface area contributed by atoms with E-state index < -0.39 is 0 Å². The van der Waals surface area contributed by atoms with Crippen LogP contribution in [-0.2, 0) is 13.6 Å². The van der Waals surface area contributed by atoms with Crippen molar-refractivity contribution >= 4 is 16.8 Å². The number of methoxy groups -OCH3 is 1. The maximum atomic E-state index is 12.7. The zero-order valence-corrected chi connectivity index (χ0v) is 13.6. The second-order valence-electron chi connectivity index (χ2n) is 5.53. The Labute approximate surface area is 135 Å². The summed E-state index contributed by atoms with van der Waals surface area (Å²) < 4.78 is 7.37. The van der Waals surface area contributed by atoms with Gasteiger partial charge >= 0.3 is 0 Å². The van der Waals surface area contributed by atoms with Crippen LogP contribution in [0.4, 0.5) is 0 Å². The van der Waals surface area contributed by atoms with E-state index in [2.05, 4.69) is 5.32 Å². The summed E-state index contributed by atoms with van der Waals surface area (Å²) in [6.07, 6.45) is 0. The summed E-state index contributed by atoms with van der Waals surface area (Å²) in [6, 6.07) is 15.7. The largest absolute Gasteiger partial charge is 0.496 e. The van der Waals surface area contributed by atoms with Crippen molar-refractivity contribution in [2.75, 3.05) is 7.11 Å². The molecule has 0 aliphatic heterocycles. The highest BCUT2D eigenvalue weighted by Gasteiger charge is 2.18. The van der Waals surface area contributed by atoms with Crippen molar-refractivity contribution in [2.24, 2.45) is 7.05 Å². The Morgan fingerprint density at radius 1 is 1.13 bits per heavy atom. The lowest BCUT2D eigenvalue weighted by Gasteiger charge is -2.10. The summed E-state index contributed by atoms with van der Waals surface area (Å²) in [4.78, 5) is 12.7. The molecule has 118 valence electrons. The van der Waals surface area contributed by atoms with E-state index in [9.17, 15) is 4.79 Å². The van der Waals surface area contributed by atoms with Crippen LogP contribution in [0.25, 0.3) is 10.9 Å². The summed E-state index contributed by atoms with van der Waals surface area (Å²) in [5, 5.41) is 3.98. The number of fused-ring (bicyclic) bond motifs is 1.